The molecule has 0 aliphatic rings. The number of benzene rings is 1. The fraction of sp³-hybridized carbons (Fsp3) is 0.364. The molecule has 0 amide bonds. The minimum atomic E-state index is 0.565. The summed E-state index contributed by atoms with van der Waals surface area (Å²) in [6.45, 7) is 2.64. The Hall–Kier alpha value is -1.49. The highest BCUT2D eigenvalue weighted by atomic mass is 16.5. The molecule has 0 saturated heterocycles. The van der Waals surface area contributed by atoms with Gasteiger partial charge in [-0.05, 0) is 31.0 Å². The Morgan fingerprint density at radius 1 is 1.46 bits per heavy atom. The van der Waals surface area contributed by atoms with E-state index < -0.39 is 0 Å². The first-order chi connectivity index (χ1) is 6.36. The van der Waals surface area contributed by atoms with Crippen molar-refractivity contribution in [3.8, 4) is 11.8 Å². The molecule has 13 heavy (non-hydrogen) atoms. The van der Waals surface area contributed by atoms with E-state index in [-0.39, 0.29) is 0 Å². The van der Waals surface area contributed by atoms with Gasteiger partial charge in [-0.1, -0.05) is 12.1 Å². The Morgan fingerprint density at radius 2 is 2.31 bits per heavy atom. The minimum absolute atomic E-state index is 0.565. The molecule has 0 saturated carbocycles. The Balaban J connectivity index is 2.63. The summed E-state index contributed by atoms with van der Waals surface area (Å²) < 4.78 is 5.34. The monoisotopic (exact) mass is 175 g/mol. The summed E-state index contributed by atoms with van der Waals surface area (Å²) in [4.78, 5) is 0. The zero-order chi connectivity index (χ0) is 9.52. The standard InChI is InChI=1S/C11H13NO/c1-2-13-11-7-3-5-10(9-11)6-4-8-12/h3,5,7,9H,2,4,6H2,1H3. The van der Waals surface area contributed by atoms with Crippen LogP contribution in [0.15, 0.2) is 24.3 Å². The second kappa shape index (κ2) is 5.21. The molecule has 2 heteroatoms. The van der Waals surface area contributed by atoms with Crippen molar-refractivity contribution in [2.45, 2.75) is 19.8 Å². The van der Waals surface area contributed by atoms with Crippen molar-refractivity contribution in [2.75, 3.05) is 6.61 Å². The quantitative estimate of drug-likeness (QED) is 0.704. The van der Waals surface area contributed by atoms with E-state index in [0.717, 1.165) is 17.7 Å². The number of aryl methyl sites for hydroxylation is 1. The van der Waals surface area contributed by atoms with E-state index in [1.165, 1.54) is 0 Å². The lowest BCUT2D eigenvalue weighted by Gasteiger charge is -2.04. The zero-order valence-electron chi connectivity index (χ0n) is 7.79. The molecular weight excluding hydrogens is 162 g/mol. The first-order valence-electron chi connectivity index (χ1n) is 4.45. The fourth-order valence-electron chi connectivity index (χ4n) is 1.16. The van der Waals surface area contributed by atoms with Crippen molar-refractivity contribution < 1.29 is 4.74 Å². The van der Waals surface area contributed by atoms with Gasteiger partial charge < -0.3 is 4.74 Å². The van der Waals surface area contributed by atoms with Crippen LogP contribution >= 0.6 is 0 Å². The highest BCUT2D eigenvalue weighted by molar-refractivity contribution is 5.28. The van der Waals surface area contributed by atoms with Gasteiger partial charge in [0.05, 0.1) is 12.7 Å². The highest BCUT2D eigenvalue weighted by Crippen LogP contribution is 2.14. The van der Waals surface area contributed by atoms with Crippen molar-refractivity contribution in [1.29, 1.82) is 5.26 Å². The topological polar surface area (TPSA) is 33.0 Å². The van der Waals surface area contributed by atoms with Crippen LogP contribution in [0, 0.1) is 11.3 Å². The molecule has 0 bridgehead atoms. The number of nitrogens with zero attached hydrogens (tertiary/aromatic N) is 1. The third kappa shape index (κ3) is 3.16. The van der Waals surface area contributed by atoms with Gasteiger partial charge in [-0.2, -0.15) is 5.26 Å². The highest BCUT2D eigenvalue weighted by Gasteiger charge is 1.95. The Kier molecular flexibility index (Phi) is 3.84. The summed E-state index contributed by atoms with van der Waals surface area (Å²) in [6, 6.07) is 10.0. The molecule has 1 aromatic rings. The predicted octanol–water partition coefficient (Wildman–Crippen LogP) is 2.54. The average Bonchev–Trinajstić information content (AvgIpc) is 2.16. The van der Waals surface area contributed by atoms with Crippen molar-refractivity contribution in [1.82, 2.24) is 0 Å². The van der Waals surface area contributed by atoms with Gasteiger partial charge in [-0.25, -0.2) is 0 Å². The summed E-state index contributed by atoms with van der Waals surface area (Å²) in [7, 11) is 0. The SMILES string of the molecule is CCOc1cccc(CCC#N)c1. The second-order valence-electron chi connectivity index (χ2n) is 2.74. The van der Waals surface area contributed by atoms with E-state index in [1.807, 2.05) is 31.2 Å². The third-order valence-electron chi connectivity index (χ3n) is 1.73. The van der Waals surface area contributed by atoms with Crippen LogP contribution in [0.2, 0.25) is 0 Å². The second-order valence-corrected chi connectivity index (χ2v) is 2.74. The largest absolute Gasteiger partial charge is 0.494 e. The van der Waals surface area contributed by atoms with Crippen LogP contribution in [0.5, 0.6) is 5.75 Å². The van der Waals surface area contributed by atoms with E-state index in [0.29, 0.717) is 13.0 Å². The molecule has 0 aliphatic carbocycles. The molecule has 0 heterocycles. The molecule has 1 aromatic carbocycles. The van der Waals surface area contributed by atoms with Crippen molar-refractivity contribution >= 4 is 0 Å². The van der Waals surface area contributed by atoms with E-state index in [9.17, 15) is 0 Å². The molecule has 1 rings (SSSR count). The lowest BCUT2D eigenvalue weighted by Crippen LogP contribution is -1.92. The lowest BCUT2D eigenvalue weighted by molar-refractivity contribution is 0.340. The molecule has 0 atom stereocenters. The van der Waals surface area contributed by atoms with Crippen LogP contribution in [0.3, 0.4) is 0 Å². The Labute approximate surface area is 78.8 Å². The number of nitriles is 1. The molecule has 2 nitrogen and oxygen atoms in total. The van der Waals surface area contributed by atoms with Crippen LogP contribution in [-0.4, -0.2) is 6.61 Å². The van der Waals surface area contributed by atoms with Crippen LogP contribution in [0.4, 0.5) is 0 Å². The Bertz CT molecular complexity index is 301. The maximum Gasteiger partial charge on any atom is 0.119 e. The molecule has 0 unspecified atom stereocenters. The molecule has 0 aliphatic heterocycles. The van der Waals surface area contributed by atoms with E-state index >= 15 is 0 Å². The summed E-state index contributed by atoms with van der Waals surface area (Å²) in [5.74, 6) is 0.887. The predicted molar refractivity (Wildman–Crippen MR) is 51.5 cm³/mol. The third-order valence-corrected chi connectivity index (χ3v) is 1.73. The summed E-state index contributed by atoms with van der Waals surface area (Å²) in [6.07, 6.45) is 1.37. The minimum Gasteiger partial charge on any atom is -0.494 e. The van der Waals surface area contributed by atoms with Gasteiger partial charge in [0.15, 0.2) is 0 Å². The van der Waals surface area contributed by atoms with E-state index in [2.05, 4.69) is 6.07 Å². The van der Waals surface area contributed by atoms with Crippen LogP contribution in [0.25, 0.3) is 0 Å². The van der Waals surface area contributed by atoms with E-state index in [1.54, 1.807) is 0 Å². The molecule has 68 valence electrons. The first kappa shape index (κ1) is 9.60. The number of hydrogen-bond donors (Lipinski definition) is 0. The summed E-state index contributed by atoms with van der Waals surface area (Å²) in [5.41, 5.74) is 1.16. The number of rotatable bonds is 4. The lowest BCUT2D eigenvalue weighted by atomic mass is 10.1. The van der Waals surface area contributed by atoms with Crippen molar-refractivity contribution in [3.05, 3.63) is 29.8 Å². The number of hydrogen-bond acceptors (Lipinski definition) is 2. The fourth-order valence-corrected chi connectivity index (χ4v) is 1.16. The van der Waals surface area contributed by atoms with Gasteiger partial charge in [-0.3, -0.25) is 0 Å². The Morgan fingerprint density at radius 3 is 3.00 bits per heavy atom. The summed E-state index contributed by atoms with van der Waals surface area (Å²) in [5, 5.41) is 8.42. The first-order valence-corrected chi connectivity index (χ1v) is 4.45. The van der Waals surface area contributed by atoms with Gasteiger partial charge in [0.25, 0.3) is 0 Å². The average molecular weight is 175 g/mol. The molecule has 0 fully saturated rings. The maximum absolute atomic E-state index is 8.42. The molecular formula is C11H13NO. The normalized spacial score (nSPS) is 9.23. The van der Waals surface area contributed by atoms with Crippen molar-refractivity contribution in [3.63, 3.8) is 0 Å². The van der Waals surface area contributed by atoms with Gasteiger partial charge in [-0.15, -0.1) is 0 Å². The van der Waals surface area contributed by atoms with E-state index in [4.69, 9.17) is 10.00 Å². The summed E-state index contributed by atoms with van der Waals surface area (Å²) >= 11 is 0. The molecule has 0 N–H and O–H groups in total. The van der Waals surface area contributed by atoms with Gasteiger partial charge in [0, 0.05) is 6.42 Å². The van der Waals surface area contributed by atoms with Gasteiger partial charge >= 0.3 is 0 Å². The van der Waals surface area contributed by atoms with Crippen LogP contribution in [-0.2, 0) is 6.42 Å². The van der Waals surface area contributed by atoms with Crippen LogP contribution in [0.1, 0.15) is 18.9 Å². The van der Waals surface area contributed by atoms with Crippen LogP contribution < -0.4 is 4.74 Å². The molecule has 0 radical (unpaired) electrons. The van der Waals surface area contributed by atoms with Gasteiger partial charge in [0.2, 0.25) is 0 Å². The zero-order valence-corrected chi connectivity index (χ0v) is 7.79. The number of ether oxygens (including phenoxy) is 1. The molecule has 0 aromatic heterocycles. The molecule has 0 spiro atoms. The van der Waals surface area contributed by atoms with Crippen molar-refractivity contribution in [2.24, 2.45) is 0 Å². The van der Waals surface area contributed by atoms with Gasteiger partial charge in [0.1, 0.15) is 5.75 Å². The smallest absolute Gasteiger partial charge is 0.119 e. The maximum atomic E-state index is 8.42.